The number of nitrogens with one attached hydrogen (secondary N) is 2. The molecule has 4 heterocycles. The van der Waals surface area contributed by atoms with Gasteiger partial charge in [-0.05, 0) is 101 Å². The third-order valence-electron chi connectivity index (χ3n) is 16.9. The van der Waals surface area contributed by atoms with Gasteiger partial charge in [0.2, 0.25) is 11.8 Å². The highest BCUT2D eigenvalue weighted by atomic mass is 35.5. The Morgan fingerprint density at radius 1 is 0.989 bits per heavy atom. The third-order valence-corrected chi connectivity index (χ3v) is 17.7. The predicted molar refractivity (Wildman–Crippen MR) is 321 cm³/mol. The van der Waals surface area contributed by atoms with Crippen LogP contribution in [0.25, 0.3) is 0 Å². The second kappa shape index (κ2) is 29.9. The monoisotopic (exact) mass is 1250 g/mol. The number of carbonyl (C=O) groups is 10. The predicted octanol–water partition coefficient (Wildman–Crippen LogP) is 6.93. The van der Waals surface area contributed by atoms with Crippen molar-refractivity contribution in [3.63, 3.8) is 0 Å². The third kappa shape index (κ3) is 17.5. The van der Waals surface area contributed by atoms with Gasteiger partial charge in [0.05, 0.1) is 46.3 Å². The van der Waals surface area contributed by atoms with E-state index in [1.54, 1.807) is 53.0 Å². The number of primary amides is 1. The maximum atomic E-state index is 16.3. The summed E-state index contributed by atoms with van der Waals surface area (Å²) in [6.07, 6.45) is 4.42. The van der Waals surface area contributed by atoms with Gasteiger partial charge >= 0.3 is 18.0 Å². The molecular formula is C63H81Cl2FN6O15. The van der Waals surface area contributed by atoms with E-state index in [1.165, 1.54) is 38.1 Å². The topological polar surface area (TPSA) is 291 Å². The van der Waals surface area contributed by atoms with Crippen LogP contribution in [0.3, 0.4) is 0 Å². The van der Waals surface area contributed by atoms with Gasteiger partial charge in [-0.1, -0.05) is 80.3 Å². The fraction of sp³-hybridized carbons (Fsp3) is 0.556. The minimum Gasteiger partial charge on any atom is -0.462 e. The molecule has 21 nitrogen and oxygen atoms in total. The van der Waals surface area contributed by atoms with E-state index in [0.29, 0.717) is 42.0 Å². The summed E-state index contributed by atoms with van der Waals surface area (Å²) in [6.45, 7) is 12.2. The Bertz CT molecular complexity index is 3080. The highest BCUT2D eigenvalue weighted by molar-refractivity contribution is 6.35. The van der Waals surface area contributed by atoms with E-state index in [2.05, 4.69) is 10.6 Å². The zero-order valence-electron chi connectivity index (χ0n) is 51.0. The minimum atomic E-state index is -1.68. The second-order valence-electron chi connectivity index (χ2n) is 23.9. The number of esters is 2. The molecule has 4 aliphatic heterocycles. The van der Waals surface area contributed by atoms with Crippen LogP contribution in [0.15, 0.2) is 60.2 Å². The number of rotatable bonds is 23. The Balaban J connectivity index is 1.17. The molecule has 0 aromatic heterocycles. The minimum absolute atomic E-state index is 0.0181. The summed E-state index contributed by atoms with van der Waals surface area (Å²) in [5.74, 6) is -8.16. The van der Waals surface area contributed by atoms with Crippen LogP contribution >= 0.6 is 23.2 Å². The van der Waals surface area contributed by atoms with Crippen molar-refractivity contribution < 1.29 is 76.4 Å². The van der Waals surface area contributed by atoms with E-state index in [1.807, 2.05) is 26.0 Å². The molecule has 2 aromatic carbocycles. The lowest BCUT2D eigenvalue weighted by Crippen LogP contribution is -2.53. The van der Waals surface area contributed by atoms with Crippen LogP contribution in [-0.2, 0) is 70.1 Å². The largest absolute Gasteiger partial charge is 0.462 e. The Morgan fingerprint density at radius 2 is 1.68 bits per heavy atom. The number of anilines is 1. The number of likely N-dealkylation sites (N-methyl/N-ethyl adjacent to an activating group) is 1. The van der Waals surface area contributed by atoms with E-state index >= 15 is 4.39 Å². The molecule has 24 heteroatoms. The number of imide groups is 1. The number of ketones is 2. The summed E-state index contributed by atoms with van der Waals surface area (Å²) in [5, 5.41) is 17.2. The molecular weight excluding hydrogens is 1170 g/mol. The molecule has 7 amide bonds. The van der Waals surface area contributed by atoms with Crippen LogP contribution in [-0.4, -0.2) is 156 Å². The number of aryl methyl sites for hydroxylation is 1. The van der Waals surface area contributed by atoms with Gasteiger partial charge in [-0.2, -0.15) is 0 Å². The Kier molecular flexibility index (Phi) is 23.8. The molecule has 2 fully saturated rings. The van der Waals surface area contributed by atoms with Gasteiger partial charge in [-0.3, -0.25) is 43.3 Å². The van der Waals surface area contributed by atoms with E-state index in [9.17, 15) is 53.1 Å². The SMILES string of the molecule is CO[C@@H]1/C=C/C=C(\C)Cc2cc(C)c(Cl)c(c2)N(C)C(=O)C[C@H](OC(=O)[C@H](C)N(C)C(=O)c2cc(F)c(CC(=O)[C@H](CCCNC(N)=O)NC(=O)[C@@H](CC(=O)CCCCCN3C(=O)C=CC3=O)C(C)C)cc2Cl)[C@]2(C)O[C@H]2[C@H](C)[C@@H]2C[C@@]1(O)CC(=O)O2. The molecule has 5 N–H and O–H groups in total. The molecule has 0 saturated carbocycles. The quantitative estimate of drug-likeness (QED) is 0.0380. The van der Waals surface area contributed by atoms with Gasteiger partial charge in [0, 0.05) is 84.0 Å². The first kappa shape index (κ1) is 69.3. The van der Waals surface area contributed by atoms with Crippen molar-refractivity contribution in [2.24, 2.45) is 23.5 Å². The molecule has 4 bridgehead atoms. The smallest absolute Gasteiger partial charge is 0.328 e. The number of nitrogens with two attached hydrogens (primary N) is 1. The molecule has 87 heavy (non-hydrogen) atoms. The zero-order chi connectivity index (χ0) is 64.4. The summed E-state index contributed by atoms with van der Waals surface area (Å²) < 4.78 is 40.3. The number of halogens is 3. The number of fused-ring (bicyclic) bond motifs is 5. The maximum Gasteiger partial charge on any atom is 0.328 e. The van der Waals surface area contributed by atoms with Gasteiger partial charge in [-0.15, -0.1) is 0 Å². The lowest BCUT2D eigenvalue weighted by atomic mass is 9.78. The fourth-order valence-electron chi connectivity index (χ4n) is 11.4. The van der Waals surface area contributed by atoms with Gasteiger partial charge in [-0.25, -0.2) is 14.0 Å². The number of hydrogen-bond donors (Lipinski definition) is 4. The molecule has 4 aliphatic rings. The lowest BCUT2D eigenvalue weighted by molar-refractivity contribution is -0.187. The molecule has 6 rings (SSSR count). The number of Topliss-reactive ketones (excluding diaryl/α,β-unsaturated/α-hetero) is 2. The number of methoxy groups -OCH3 is 1. The number of benzene rings is 2. The molecule has 2 aromatic rings. The molecule has 0 aliphatic carbocycles. The summed E-state index contributed by atoms with van der Waals surface area (Å²) in [5.41, 5.74) is 4.41. The first-order valence-electron chi connectivity index (χ1n) is 29.3. The van der Waals surface area contributed by atoms with Crippen LogP contribution in [0.2, 0.25) is 10.0 Å². The molecule has 474 valence electrons. The number of unbranched alkanes of at least 4 members (excludes halogenated alkanes) is 2. The number of carbonyl (C=O) groups excluding carboxylic acids is 10. The Morgan fingerprint density at radius 3 is 2.33 bits per heavy atom. The molecule has 0 radical (unpaired) electrons. The number of ether oxygens (including phenoxy) is 4. The van der Waals surface area contributed by atoms with Crippen LogP contribution in [0, 0.1) is 30.5 Å². The average molecular weight is 1250 g/mol. The van der Waals surface area contributed by atoms with E-state index in [-0.39, 0.29) is 91.3 Å². The van der Waals surface area contributed by atoms with E-state index < -0.39 is 120 Å². The van der Waals surface area contributed by atoms with E-state index in [0.717, 1.165) is 33.1 Å². The van der Waals surface area contributed by atoms with Crippen LogP contribution < -0.4 is 21.3 Å². The van der Waals surface area contributed by atoms with Crippen LogP contribution in [0.5, 0.6) is 0 Å². The Hall–Kier alpha value is -6.85. The number of allylic oxidation sites excluding steroid dienone is 3. The number of urea groups is 1. The van der Waals surface area contributed by atoms with Crippen molar-refractivity contribution in [1.82, 2.24) is 20.4 Å². The van der Waals surface area contributed by atoms with Crippen LogP contribution in [0.1, 0.15) is 133 Å². The fourth-order valence-corrected chi connectivity index (χ4v) is 11.9. The lowest BCUT2D eigenvalue weighted by Gasteiger charge is -2.41. The first-order valence-corrected chi connectivity index (χ1v) is 30.0. The van der Waals surface area contributed by atoms with Crippen molar-refractivity contribution in [3.8, 4) is 0 Å². The number of nitrogens with zero attached hydrogens (tertiary/aromatic N) is 3. The van der Waals surface area contributed by atoms with Gasteiger partial charge in [0.15, 0.2) is 5.78 Å². The molecule has 2 saturated heterocycles. The molecule has 0 spiro atoms. The number of hydrogen-bond acceptors (Lipinski definition) is 15. The summed E-state index contributed by atoms with van der Waals surface area (Å²) >= 11 is 13.5. The first-order chi connectivity index (χ1) is 40.9. The number of epoxide rings is 1. The average Bonchev–Trinajstić information content (AvgIpc) is 1.61. The van der Waals surface area contributed by atoms with Gasteiger partial charge < -0.3 is 50.2 Å². The zero-order valence-corrected chi connectivity index (χ0v) is 52.5. The van der Waals surface area contributed by atoms with E-state index in [4.69, 9.17) is 47.9 Å². The summed E-state index contributed by atoms with van der Waals surface area (Å²) in [4.78, 5) is 136. The van der Waals surface area contributed by atoms with Crippen molar-refractivity contribution in [2.75, 3.05) is 39.2 Å². The number of aliphatic hydroxyl groups is 1. The second-order valence-corrected chi connectivity index (χ2v) is 24.7. The van der Waals surface area contributed by atoms with Crippen molar-refractivity contribution in [1.29, 1.82) is 0 Å². The van der Waals surface area contributed by atoms with Gasteiger partial charge in [0.25, 0.3) is 17.7 Å². The van der Waals surface area contributed by atoms with Crippen molar-refractivity contribution in [2.45, 2.75) is 173 Å². The highest BCUT2D eigenvalue weighted by Crippen LogP contribution is 2.50. The normalized spacial score (nSPS) is 25.1. The standard InChI is InChI=1S/C63H81Cl2FN6O15/c1-34(2)42(29-41(73)17-12-11-13-23-72-52(75)20-21-53(72)76)58(79)69-46(18-15-22-68-61(67)82)48(74)28-40-27-44(64)43(30-45(40)66)59(80)70(8)38(6)60(81)86-51-31-54(77)71(9)47-26-39(25-36(4)56(47)65)24-35(3)16-14-19-50(84-10)63(83)32-49(85-55(78)33-63)37(5)57-62(51,7)87-57/h14,16,19-21,25-27,30,34,37-38,42,46,49-51,57,83H,11-13,15,17-18,22-24,28-29,31-33H2,1-10H3,(H,69,79)(H3,67,68,82)/b19-14+,35-16+/t37-,38+,42+,46+,49+,50-,51+,57+,62+,63-/m1/s1. The summed E-state index contributed by atoms with van der Waals surface area (Å²) in [7, 11) is 4.24. The maximum absolute atomic E-state index is 16.3. The van der Waals surface area contributed by atoms with Gasteiger partial charge in [0.1, 0.15) is 47.2 Å². The summed E-state index contributed by atoms with van der Waals surface area (Å²) in [6, 6.07) is 2.17. The van der Waals surface area contributed by atoms with Crippen molar-refractivity contribution >= 4 is 88.0 Å². The molecule has 0 unspecified atom stereocenters. The van der Waals surface area contributed by atoms with Crippen molar-refractivity contribution in [3.05, 3.63) is 98.3 Å². The highest BCUT2D eigenvalue weighted by Gasteiger charge is 2.64. The Labute approximate surface area is 516 Å². The van der Waals surface area contributed by atoms with Crippen LogP contribution in [0.4, 0.5) is 14.9 Å². The number of amides is 7. The molecule has 10 atom stereocenters.